The smallest absolute Gasteiger partial charge is 0.407 e. The fourth-order valence-electron chi connectivity index (χ4n) is 1.51. The Labute approximate surface area is 117 Å². The zero-order valence-electron chi connectivity index (χ0n) is 11.2. The molecule has 1 aromatic rings. The Morgan fingerprint density at radius 1 is 1.35 bits per heavy atom. The molecule has 107 valence electrons. The zero-order chi connectivity index (χ0) is 15.0. The first-order valence-electron chi connectivity index (χ1n) is 6.16. The molecule has 20 heavy (non-hydrogen) atoms. The molecule has 0 aliphatic rings. The van der Waals surface area contributed by atoms with E-state index in [1.54, 1.807) is 6.92 Å². The minimum atomic E-state index is -1.26. The molecule has 3 N–H and O–H groups in total. The molecule has 0 heterocycles. The van der Waals surface area contributed by atoms with Crippen LogP contribution in [0.3, 0.4) is 0 Å². The fraction of sp³-hybridized carbons (Fsp3) is 0.357. The van der Waals surface area contributed by atoms with E-state index in [0.29, 0.717) is 0 Å². The van der Waals surface area contributed by atoms with E-state index >= 15 is 0 Å². The molecule has 0 saturated heterocycles. The maximum atomic E-state index is 11.5. The van der Waals surface area contributed by atoms with Crippen molar-refractivity contribution in [3.8, 4) is 0 Å². The highest BCUT2D eigenvalue weighted by atomic mass is 16.5. The van der Waals surface area contributed by atoms with E-state index in [1.165, 1.54) is 6.29 Å². The molecule has 1 amide bonds. The van der Waals surface area contributed by atoms with Gasteiger partial charge in [-0.15, -0.1) is 0 Å². The highest BCUT2D eigenvalue weighted by Gasteiger charge is 2.18. The van der Waals surface area contributed by atoms with Gasteiger partial charge >= 0.3 is 6.09 Å². The molecule has 0 spiro atoms. The van der Waals surface area contributed by atoms with Gasteiger partial charge < -0.3 is 15.8 Å². The average molecular weight is 277 g/mol. The van der Waals surface area contributed by atoms with Crippen molar-refractivity contribution in [2.24, 2.45) is 5.73 Å². The van der Waals surface area contributed by atoms with Crippen molar-refractivity contribution in [3.05, 3.63) is 35.9 Å². The third kappa shape index (κ3) is 5.62. The lowest BCUT2D eigenvalue weighted by molar-refractivity contribution is -0.119. The molecule has 0 aliphatic heterocycles. The third-order valence-corrected chi connectivity index (χ3v) is 2.56. The summed E-state index contributed by atoms with van der Waals surface area (Å²) in [5.74, 6) is -0.476. The number of hydrogen-bond donors (Lipinski definition) is 2. The van der Waals surface area contributed by atoms with Crippen LogP contribution in [0.15, 0.2) is 30.3 Å². The molecule has 0 aromatic heterocycles. The predicted octanol–water partition coefficient (Wildman–Crippen LogP) is 0.697. The molecule has 0 bridgehead atoms. The summed E-state index contributed by atoms with van der Waals surface area (Å²) < 4.78 is 5.00. The first kappa shape index (κ1) is 15.8. The van der Waals surface area contributed by atoms with Gasteiger partial charge in [0.1, 0.15) is 12.6 Å². The standard InChI is InChI=1S/C14H17N2O4/c1-10(7-13(18)12(15)8-17)16-14(19)20-9-11-5-3-2-4-6-11/h2-6,10,12H,7,9,15H2,1H3,(H,16,19). The second-order valence-electron chi connectivity index (χ2n) is 4.37. The van der Waals surface area contributed by atoms with Crippen LogP contribution >= 0.6 is 0 Å². The van der Waals surface area contributed by atoms with Crippen molar-refractivity contribution in [3.63, 3.8) is 0 Å². The number of nitrogens with one attached hydrogen (secondary N) is 1. The number of alkyl carbamates (subject to hydrolysis) is 1. The minimum Gasteiger partial charge on any atom is -0.445 e. The Balaban J connectivity index is 2.31. The van der Waals surface area contributed by atoms with E-state index in [0.717, 1.165) is 5.56 Å². The van der Waals surface area contributed by atoms with Gasteiger partial charge in [-0.25, -0.2) is 4.79 Å². The van der Waals surface area contributed by atoms with Crippen LogP contribution < -0.4 is 11.1 Å². The topological polar surface area (TPSA) is 98.5 Å². The first-order valence-corrected chi connectivity index (χ1v) is 6.16. The number of carbonyl (C=O) groups excluding carboxylic acids is 3. The summed E-state index contributed by atoms with van der Waals surface area (Å²) in [6.45, 7) is 1.77. The van der Waals surface area contributed by atoms with Gasteiger partial charge in [0.2, 0.25) is 6.29 Å². The van der Waals surface area contributed by atoms with Crippen LogP contribution in [0.2, 0.25) is 0 Å². The number of ketones is 1. The normalized spacial score (nSPS) is 13.1. The number of benzene rings is 1. The fourth-order valence-corrected chi connectivity index (χ4v) is 1.51. The maximum Gasteiger partial charge on any atom is 0.407 e. The lowest BCUT2D eigenvalue weighted by atomic mass is 10.1. The molecule has 2 unspecified atom stereocenters. The van der Waals surface area contributed by atoms with Crippen LogP contribution in [0.25, 0.3) is 0 Å². The number of amides is 1. The van der Waals surface area contributed by atoms with Crippen molar-refractivity contribution in [2.45, 2.75) is 32.0 Å². The number of rotatable bonds is 7. The number of carbonyl (C=O) groups is 2. The van der Waals surface area contributed by atoms with Crippen LogP contribution in [0.5, 0.6) is 0 Å². The van der Waals surface area contributed by atoms with Gasteiger partial charge in [0.25, 0.3) is 0 Å². The Bertz CT molecular complexity index is 462. The monoisotopic (exact) mass is 277 g/mol. The Hall–Kier alpha value is -2.21. The van der Waals surface area contributed by atoms with Gasteiger partial charge in [-0.1, -0.05) is 30.3 Å². The summed E-state index contributed by atoms with van der Waals surface area (Å²) in [7, 11) is 0. The summed E-state index contributed by atoms with van der Waals surface area (Å²) in [5, 5.41) is 2.49. The molecular formula is C14H17N2O4. The largest absolute Gasteiger partial charge is 0.445 e. The van der Waals surface area contributed by atoms with Crippen LogP contribution in [0, 0.1) is 0 Å². The van der Waals surface area contributed by atoms with Gasteiger partial charge in [0, 0.05) is 12.5 Å². The summed E-state index contributed by atoms with van der Waals surface area (Å²) in [5.41, 5.74) is 6.08. The second-order valence-corrected chi connectivity index (χ2v) is 4.37. The van der Waals surface area contributed by atoms with Crippen molar-refractivity contribution in [2.75, 3.05) is 0 Å². The maximum absolute atomic E-state index is 11.5. The second kappa shape index (κ2) is 8.06. The number of hydrogen-bond acceptors (Lipinski definition) is 5. The Morgan fingerprint density at radius 3 is 2.60 bits per heavy atom. The third-order valence-electron chi connectivity index (χ3n) is 2.56. The number of Topliss-reactive ketones (excluding diaryl/α,β-unsaturated/α-hetero) is 1. The molecule has 2 atom stereocenters. The van der Waals surface area contributed by atoms with E-state index in [2.05, 4.69) is 5.32 Å². The van der Waals surface area contributed by atoms with E-state index < -0.39 is 24.0 Å². The Kier molecular flexibility index (Phi) is 6.39. The van der Waals surface area contributed by atoms with Gasteiger partial charge in [-0.2, -0.15) is 0 Å². The summed E-state index contributed by atoms with van der Waals surface area (Å²) >= 11 is 0. The molecule has 0 fully saturated rings. The molecule has 6 heteroatoms. The lowest BCUT2D eigenvalue weighted by Crippen LogP contribution is -2.39. The highest BCUT2D eigenvalue weighted by Crippen LogP contribution is 2.01. The predicted molar refractivity (Wildman–Crippen MR) is 72.5 cm³/mol. The van der Waals surface area contributed by atoms with Crippen molar-refractivity contribution < 1.29 is 19.1 Å². The lowest BCUT2D eigenvalue weighted by Gasteiger charge is -2.14. The molecular weight excluding hydrogens is 260 g/mol. The van der Waals surface area contributed by atoms with Crippen molar-refractivity contribution in [1.82, 2.24) is 5.32 Å². The van der Waals surface area contributed by atoms with Gasteiger partial charge in [0.15, 0.2) is 5.78 Å². The average Bonchev–Trinajstić information content (AvgIpc) is 2.45. The highest BCUT2D eigenvalue weighted by molar-refractivity contribution is 5.97. The van der Waals surface area contributed by atoms with Crippen LogP contribution in [-0.2, 0) is 20.9 Å². The zero-order valence-corrected chi connectivity index (χ0v) is 11.2. The minimum absolute atomic E-state index is 0.0448. The molecule has 1 rings (SSSR count). The van der Waals surface area contributed by atoms with Gasteiger partial charge in [-0.05, 0) is 12.5 Å². The van der Waals surface area contributed by atoms with Gasteiger partial charge in [-0.3, -0.25) is 9.59 Å². The molecule has 6 nitrogen and oxygen atoms in total. The molecule has 0 saturated carbocycles. The quantitative estimate of drug-likeness (QED) is 0.715. The summed E-state index contributed by atoms with van der Waals surface area (Å²) in [4.78, 5) is 33.1. The Morgan fingerprint density at radius 2 is 2.00 bits per heavy atom. The van der Waals surface area contributed by atoms with E-state index in [-0.39, 0.29) is 13.0 Å². The van der Waals surface area contributed by atoms with Crippen LogP contribution in [0.1, 0.15) is 18.9 Å². The number of ether oxygens (including phenoxy) is 1. The van der Waals surface area contributed by atoms with E-state index in [1.807, 2.05) is 30.3 Å². The van der Waals surface area contributed by atoms with Crippen molar-refractivity contribution in [1.29, 1.82) is 0 Å². The summed E-state index contributed by atoms with van der Waals surface area (Å²) in [6, 6.07) is 7.48. The first-order chi connectivity index (χ1) is 9.52. The van der Waals surface area contributed by atoms with Gasteiger partial charge in [0.05, 0.1) is 0 Å². The van der Waals surface area contributed by atoms with E-state index in [9.17, 15) is 14.4 Å². The van der Waals surface area contributed by atoms with Crippen LogP contribution in [0.4, 0.5) is 4.79 Å². The molecule has 0 aliphatic carbocycles. The van der Waals surface area contributed by atoms with Crippen molar-refractivity contribution >= 4 is 18.2 Å². The summed E-state index contributed by atoms with van der Waals surface area (Å²) in [6.07, 6.45) is 0.732. The number of nitrogens with two attached hydrogens (primary N) is 1. The van der Waals surface area contributed by atoms with E-state index in [4.69, 9.17) is 10.5 Å². The van der Waals surface area contributed by atoms with Crippen LogP contribution in [-0.4, -0.2) is 30.2 Å². The molecule has 1 radical (unpaired) electrons. The molecule has 1 aromatic carbocycles. The SMILES string of the molecule is CC(CC(=O)C(N)[C]=O)NC(=O)OCc1ccccc1.